The lowest BCUT2D eigenvalue weighted by molar-refractivity contribution is 0.0929. The Labute approximate surface area is 165 Å². The van der Waals surface area contributed by atoms with E-state index < -0.39 is 5.91 Å². The molecule has 2 aromatic carbocycles. The minimum Gasteiger partial charge on any atom is -0.478 e. The molecule has 0 saturated carbocycles. The van der Waals surface area contributed by atoms with Gasteiger partial charge in [0.25, 0.3) is 0 Å². The maximum Gasteiger partial charge on any atom is 0.307 e. The zero-order chi connectivity index (χ0) is 18.5. The number of rotatable bonds is 5. The molecule has 3 rings (SSSR count). The van der Waals surface area contributed by atoms with Gasteiger partial charge in [-0.15, -0.1) is 0 Å². The molecule has 3 aromatic rings. The third kappa shape index (κ3) is 4.31. The fourth-order valence-corrected chi connectivity index (χ4v) is 3.06. The standard InChI is InChI=1S/C18H11Br2N3O3/c19-13-2-4-15-12(8-13)9-17(26-15)18(24)23-22-10-11-1-3-16(14(20)7-11)25-6-5-21/h1-4,7-10H,6H2,(H,23,24)/b22-10+. The van der Waals surface area contributed by atoms with Crippen molar-refractivity contribution >= 4 is 55.0 Å². The highest BCUT2D eigenvalue weighted by molar-refractivity contribution is 9.10. The van der Waals surface area contributed by atoms with E-state index >= 15 is 0 Å². The topological polar surface area (TPSA) is 87.6 Å². The van der Waals surface area contributed by atoms with Gasteiger partial charge in [-0.25, -0.2) is 5.43 Å². The number of nitrogens with zero attached hydrogens (tertiary/aromatic N) is 2. The Morgan fingerprint density at radius 2 is 2.12 bits per heavy atom. The van der Waals surface area contributed by atoms with Crippen LogP contribution in [-0.4, -0.2) is 18.7 Å². The number of hydrogen-bond donors (Lipinski definition) is 1. The minimum absolute atomic E-state index is 0.0316. The summed E-state index contributed by atoms with van der Waals surface area (Å²) in [5, 5.41) is 13.3. The molecular formula is C18H11Br2N3O3. The van der Waals surface area contributed by atoms with E-state index in [2.05, 4.69) is 42.4 Å². The van der Waals surface area contributed by atoms with Gasteiger partial charge in [0.15, 0.2) is 12.4 Å². The Morgan fingerprint density at radius 3 is 2.88 bits per heavy atom. The summed E-state index contributed by atoms with van der Waals surface area (Å²) in [6, 6.07) is 14.3. The van der Waals surface area contributed by atoms with Crippen LogP contribution in [0.15, 0.2) is 60.9 Å². The molecule has 1 aromatic heterocycles. The molecule has 0 aliphatic carbocycles. The molecule has 1 heterocycles. The maximum atomic E-state index is 12.1. The third-order valence-electron chi connectivity index (χ3n) is 3.33. The summed E-state index contributed by atoms with van der Waals surface area (Å²) < 4.78 is 12.3. The summed E-state index contributed by atoms with van der Waals surface area (Å²) in [6.45, 7) is -0.0316. The van der Waals surface area contributed by atoms with Crippen molar-refractivity contribution in [1.82, 2.24) is 5.43 Å². The monoisotopic (exact) mass is 475 g/mol. The average molecular weight is 477 g/mol. The van der Waals surface area contributed by atoms with E-state index in [9.17, 15) is 4.79 Å². The van der Waals surface area contributed by atoms with Gasteiger partial charge in [0.05, 0.1) is 10.7 Å². The number of halogens is 2. The van der Waals surface area contributed by atoms with Gasteiger partial charge in [0.2, 0.25) is 0 Å². The summed E-state index contributed by atoms with van der Waals surface area (Å²) in [7, 11) is 0. The fourth-order valence-electron chi connectivity index (χ4n) is 2.17. The Balaban J connectivity index is 1.66. The number of benzene rings is 2. The first kappa shape index (κ1) is 18.2. The summed E-state index contributed by atoms with van der Waals surface area (Å²) in [5.74, 6) is 0.291. The fraction of sp³-hybridized carbons (Fsp3) is 0.0556. The normalized spacial score (nSPS) is 10.8. The summed E-state index contributed by atoms with van der Waals surface area (Å²) in [6.07, 6.45) is 1.50. The largest absolute Gasteiger partial charge is 0.478 e. The zero-order valence-corrected chi connectivity index (χ0v) is 16.4. The molecule has 6 nitrogen and oxygen atoms in total. The SMILES string of the molecule is N#CCOc1ccc(/C=N/NC(=O)c2cc3cc(Br)ccc3o2)cc1Br. The van der Waals surface area contributed by atoms with Gasteiger partial charge in [0.1, 0.15) is 17.4 Å². The van der Waals surface area contributed by atoms with Gasteiger partial charge in [-0.05, 0) is 64.0 Å². The van der Waals surface area contributed by atoms with E-state index in [-0.39, 0.29) is 12.4 Å². The Kier molecular flexibility index (Phi) is 5.71. The van der Waals surface area contributed by atoms with Crippen molar-refractivity contribution < 1.29 is 13.9 Å². The van der Waals surface area contributed by atoms with Crippen LogP contribution in [0.4, 0.5) is 0 Å². The average Bonchev–Trinajstić information content (AvgIpc) is 3.04. The lowest BCUT2D eigenvalue weighted by Gasteiger charge is -2.04. The minimum atomic E-state index is -0.443. The molecule has 0 spiro atoms. The van der Waals surface area contributed by atoms with Crippen molar-refractivity contribution in [1.29, 1.82) is 5.26 Å². The first-order valence-electron chi connectivity index (χ1n) is 7.38. The molecule has 130 valence electrons. The first-order valence-corrected chi connectivity index (χ1v) is 8.97. The second kappa shape index (κ2) is 8.17. The van der Waals surface area contributed by atoms with E-state index in [0.29, 0.717) is 15.8 Å². The molecule has 26 heavy (non-hydrogen) atoms. The van der Waals surface area contributed by atoms with Crippen LogP contribution in [-0.2, 0) is 0 Å². The van der Waals surface area contributed by atoms with Crippen LogP contribution in [0.25, 0.3) is 11.0 Å². The number of carbonyl (C=O) groups excluding carboxylic acids is 1. The number of carbonyl (C=O) groups is 1. The van der Waals surface area contributed by atoms with Gasteiger partial charge in [-0.2, -0.15) is 10.4 Å². The zero-order valence-electron chi connectivity index (χ0n) is 13.2. The second-order valence-electron chi connectivity index (χ2n) is 5.13. The molecule has 0 bridgehead atoms. The number of furan rings is 1. The third-order valence-corrected chi connectivity index (χ3v) is 4.44. The first-order chi connectivity index (χ1) is 12.6. The predicted octanol–water partition coefficient (Wildman–Crippen LogP) is 4.62. The quantitative estimate of drug-likeness (QED) is 0.429. The Morgan fingerprint density at radius 1 is 1.27 bits per heavy atom. The van der Waals surface area contributed by atoms with Gasteiger partial charge >= 0.3 is 5.91 Å². The van der Waals surface area contributed by atoms with E-state index in [4.69, 9.17) is 14.4 Å². The molecule has 0 aliphatic rings. The highest BCUT2D eigenvalue weighted by atomic mass is 79.9. The van der Waals surface area contributed by atoms with E-state index in [1.165, 1.54) is 6.21 Å². The van der Waals surface area contributed by atoms with E-state index in [1.54, 1.807) is 30.3 Å². The van der Waals surface area contributed by atoms with Crippen LogP contribution in [0.3, 0.4) is 0 Å². The van der Waals surface area contributed by atoms with Crippen molar-refractivity contribution in [3.05, 3.63) is 62.7 Å². The van der Waals surface area contributed by atoms with Gasteiger partial charge in [0, 0.05) is 9.86 Å². The number of ether oxygens (including phenoxy) is 1. The summed E-state index contributed by atoms with van der Waals surface area (Å²) in [4.78, 5) is 12.1. The van der Waals surface area contributed by atoms with Crippen LogP contribution in [0.1, 0.15) is 16.1 Å². The van der Waals surface area contributed by atoms with Crippen LogP contribution in [0.2, 0.25) is 0 Å². The smallest absolute Gasteiger partial charge is 0.307 e. The van der Waals surface area contributed by atoms with Crippen molar-refractivity contribution in [3.63, 3.8) is 0 Å². The highest BCUT2D eigenvalue weighted by Crippen LogP contribution is 2.25. The number of hydrogen-bond acceptors (Lipinski definition) is 5. The van der Waals surface area contributed by atoms with Crippen molar-refractivity contribution in [3.8, 4) is 11.8 Å². The van der Waals surface area contributed by atoms with Crippen molar-refractivity contribution in [2.24, 2.45) is 5.10 Å². The summed E-state index contributed by atoms with van der Waals surface area (Å²) >= 11 is 6.73. The molecule has 0 atom stereocenters. The second-order valence-corrected chi connectivity index (χ2v) is 6.90. The lowest BCUT2D eigenvalue weighted by atomic mass is 10.2. The van der Waals surface area contributed by atoms with Crippen LogP contribution >= 0.6 is 31.9 Å². The molecule has 0 unspecified atom stereocenters. The number of amides is 1. The Hall–Kier alpha value is -2.63. The Bertz CT molecular complexity index is 1040. The van der Waals surface area contributed by atoms with Crippen LogP contribution < -0.4 is 10.2 Å². The van der Waals surface area contributed by atoms with Gasteiger partial charge in [-0.1, -0.05) is 15.9 Å². The molecule has 0 fully saturated rings. The molecule has 1 amide bonds. The predicted molar refractivity (Wildman–Crippen MR) is 104 cm³/mol. The van der Waals surface area contributed by atoms with Gasteiger partial charge in [-0.3, -0.25) is 4.79 Å². The number of nitriles is 1. The lowest BCUT2D eigenvalue weighted by Crippen LogP contribution is -2.16. The molecule has 0 aliphatic heterocycles. The van der Waals surface area contributed by atoms with Gasteiger partial charge < -0.3 is 9.15 Å². The van der Waals surface area contributed by atoms with Crippen molar-refractivity contribution in [2.75, 3.05) is 6.61 Å². The maximum absolute atomic E-state index is 12.1. The number of hydrazone groups is 1. The number of nitrogens with one attached hydrogen (secondary N) is 1. The van der Waals surface area contributed by atoms with Crippen LogP contribution in [0.5, 0.6) is 5.75 Å². The van der Waals surface area contributed by atoms with E-state index in [1.807, 2.05) is 18.2 Å². The molecule has 1 N–H and O–H groups in total. The molecular weight excluding hydrogens is 466 g/mol. The summed E-state index contributed by atoms with van der Waals surface area (Å²) in [5.41, 5.74) is 3.80. The highest BCUT2D eigenvalue weighted by Gasteiger charge is 2.11. The molecule has 0 saturated heterocycles. The molecule has 0 radical (unpaired) electrons. The van der Waals surface area contributed by atoms with Crippen LogP contribution in [0, 0.1) is 11.3 Å². The van der Waals surface area contributed by atoms with E-state index in [0.717, 1.165) is 15.4 Å². The van der Waals surface area contributed by atoms with Crippen molar-refractivity contribution in [2.45, 2.75) is 0 Å². The molecule has 8 heteroatoms. The number of fused-ring (bicyclic) bond motifs is 1.